The SMILES string of the molecule is CO[C@H]1C[C@H](O)C2=C(C[C@H]3[C@H](C(C)=C/C=C/C(C)=O)CC[C@@]3(C)O2)C1=O. The lowest BCUT2D eigenvalue weighted by atomic mass is 9.74. The summed E-state index contributed by atoms with van der Waals surface area (Å²) in [6.45, 7) is 5.68. The first-order valence-electron chi connectivity index (χ1n) is 9.29. The smallest absolute Gasteiger partial charge is 0.191 e. The van der Waals surface area contributed by atoms with Crippen molar-refractivity contribution in [1.29, 1.82) is 0 Å². The molecule has 3 rings (SSSR count). The molecule has 1 N–H and O–H groups in total. The Hall–Kier alpha value is -1.72. The Labute approximate surface area is 154 Å². The van der Waals surface area contributed by atoms with Gasteiger partial charge in [0.25, 0.3) is 0 Å². The van der Waals surface area contributed by atoms with E-state index in [1.165, 1.54) is 19.6 Å². The predicted molar refractivity (Wildman–Crippen MR) is 97.4 cm³/mol. The summed E-state index contributed by atoms with van der Waals surface area (Å²) in [5, 5.41) is 10.4. The van der Waals surface area contributed by atoms with E-state index in [4.69, 9.17) is 9.47 Å². The fourth-order valence-corrected chi connectivity index (χ4v) is 4.68. The van der Waals surface area contributed by atoms with E-state index in [1.54, 1.807) is 12.2 Å². The molecule has 1 heterocycles. The van der Waals surface area contributed by atoms with Crippen molar-refractivity contribution in [1.82, 2.24) is 0 Å². The molecule has 0 bridgehead atoms. The number of carbonyl (C=O) groups excluding carboxylic acids is 2. The molecule has 0 unspecified atom stereocenters. The molecule has 5 nitrogen and oxygen atoms in total. The summed E-state index contributed by atoms with van der Waals surface area (Å²) >= 11 is 0. The van der Waals surface area contributed by atoms with Crippen LogP contribution in [0.1, 0.15) is 46.5 Å². The highest BCUT2D eigenvalue weighted by atomic mass is 16.5. The summed E-state index contributed by atoms with van der Waals surface area (Å²) in [6, 6.07) is 0. The minimum absolute atomic E-state index is 0.0218. The molecule has 5 atom stereocenters. The lowest BCUT2D eigenvalue weighted by Gasteiger charge is -2.44. The van der Waals surface area contributed by atoms with Crippen LogP contribution in [0, 0.1) is 11.8 Å². The molecule has 0 saturated heterocycles. The second-order valence-corrected chi connectivity index (χ2v) is 7.93. The van der Waals surface area contributed by atoms with Crippen molar-refractivity contribution < 1.29 is 24.2 Å². The largest absolute Gasteiger partial charge is 0.488 e. The molecule has 5 heteroatoms. The molecule has 3 aliphatic rings. The maximum absolute atomic E-state index is 12.7. The number of aliphatic hydroxyl groups excluding tert-OH is 1. The average molecular weight is 360 g/mol. The zero-order valence-electron chi connectivity index (χ0n) is 16.0. The van der Waals surface area contributed by atoms with Gasteiger partial charge in [-0.1, -0.05) is 17.7 Å². The van der Waals surface area contributed by atoms with Gasteiger partial charge in [-0.3, -0.25) is 9.59 Å². The number of rotatable bonds is 4. The van der Waals surface area contributed by atoms with Crippen molar-refractivity contribution in [2.45, 2.75) is 64.3 Å². The molecule has 1 fully saturated rings. The average Bonchev–Trinajstić information content (AvgIpc) is 2.92. The van der Waals surface area contributed by atoms with Gasteiger partial charge in [0.15, 0.2) is 11.6 Å². The first-order chi connectivity index (χ1) is 12.3. The molecule has 0 aromatic carbocycles. The molecular formula is C21H28O5. The fraction of sp³-hybridized carbons (Fsp3) is 0.619. The summed E-state index contributed by atoms with van der Waals surface area (Å²) in [5.74, 6) is 0.890. The van der Waals surface area contributed by atoms with Gasteiger partial charge < -0.3 is 14.6 Å². The maximum atomic E-state index is 12.7. The van der Waals surface area contributed by atoms with E-state index in [9.17, 15) is 14.7 Å². The number of methoxy groups -OCH3 is 1. The summed E-state index contributed by atoms with van der Waals surface area (Å²) < 4.78 is 11.5. The Bertz CT molecular complexity index is 701. The van der Waals surface area contributed by atoms with Crippen molar-refractivity contribution in [3.8, 4) is 0 Å². The maximum Gasteiger partial charge on any atom is 0.191 e. The Morgan fingerprint density at radius 3 is 2.77 bits per heavy atom. The third kappa shape index (κ3) is 3.30. The van der Waals surface area contributed by atoms with Crippen molar-refractivity contribution in [3.63, 3.8) is 0 Å². The minimum atomic E-state index is -0.778. The predicted octanol–water partition coefficient (Wildman–Crippen LogP) is 2.89. The third-order valence-corrected chi connectivity index (χ3v) is 6.18. The zero-order valence-corrected chi connectivity index (χ0v) is 16.0. The van der Waals surface area contributed by atoms with Crippen LogP contribution in [-0.4, -0.2) is 41.6 Å². The number of aliphatic hydroxyl groups is 1. The number of Topliss-reactive ketones (excluding diaryl/α,β-unsaturated/α-hetero) is 1. The van der Waals surface area contributed by atoms with E-state index in [1.807, 2.05) is 6.08 Å². The van der Waals surface area contributed by atoms with Crippen LogP contribution in [0.15, 0.2) is 35.1 Å². The highest BCUT2D eigenvalue weighted by Gasteiger charge is 2.54. The molecule has 0 aromatic rings. The van der Waals surface area contributed by atoms with Crippen molar-refractivity contribution >= 4 is 11.6 Å². The van der Waals surface area contributed by atoms with Gasteiger partial charge in [0.2, 0.25) is 0 Å². The standard InChI is InChI=1S/C21H28O5/c1-12(6-5-7-13(2)22)14-8-9-21(3)16(14)10-15-19(24)18(25-4)11-17(23)20(15)26-21/h5-7,14,16-18,23H,8-11H2,1-4H3/b7-5+,12-6?/t14-,16-,17-,18-,21+/m0/s1. The number of ether oxygens (including phenoxy) is 2. The second kappa shape index (κ2) is 7.12. The van der Waals surface area contributed by atoms with Crippen molar-refractivity contribution in [3.05, 3.63) is 35.1 Å². The quantitative estimate of drug-likeness (QED) is 0.616. The number of carbonyl (C=O) groups is 2. The fourth-order valence-electron chi connectivity index (χ4n) is 4.68. The summed E-state index contributed by atoms with van der Waals surface area (Å²) in [4.78, 5) is 23.8. The molecule has 142 valence electrons. The number of fused-ring (bicyclic) bond motifs is 1. The van der Waals surface area contributed by atoms with Crippen LogP contribution in [0.4, 0.5) is 0 Å². The van der Waals surface area contributed by atoms with Crippen LogP contribution in [0.3, 0.4) is 0 Å². The molecule has 1 aliphatic heterocycles. The number of ketones is 2. The summed E-state index contributed by atoms with van der Waals surface area (Å²) in [6.07, 6.45) is 6.67. The van der Waals surface area contributed by atoms with Gasteiger partial charge in [-0.25, -0.2) is 0 Å². The lowest BCUT2D eigenvalue weighted by Crippen LogP contribution is -2.47. The Balaban J connectivity index is 1.88. The number of allylic oxidation sites excluding steroid dienone is 4. The van der Waals surface area contributed by atoms with Gasteiger partial charge in [0.1, 0.15) is 23.6 Å². The van der Waals surface area contributed by atoms with Gasteiger partial charge in [-0.15, -0.1) is 0 Å². The van der Waals surface area contributed by atoms with E-state index in [0.717, 1.165) is 12.8 Å². The molecule has 2 aliphatic carbocycles. The van der Waals surface area contributed by atoms with Crippen LogP contribution in [-0.2, 0) is 19.1 Å². The van der Waals surface area contributed by atoms with Crippen LogP contribution < -0.4 is 0 Å². The molecule has 0 radical (unpaired) electrons. The second-order valence-electron chi connectivity index (χ2n) is 7.93. The van der Waals surface area contributed by atoms with Gasteiger partial charge in [0.05, 0.1) is 0 Å². The summed E-state index contributed by atoms with van der Waals surface area (Å²) in [5.41, 5.74) is 1.41. The van der Waals surface area contributed by atoms with E-state index >= 15 is 0 Å². The van der Waals surface area contributed by atoms with E-state index < -0.39 is 12.2 Å². The first kappa shape index (κ1) is 19.1. The van der Waals surface area contributed by atoms with Crippen LogP contribution >= 0.6 is 0 Å². The minimum Gasteiger partial charge on any atom is -0.488 e. The Morgan fingerprint density at radius 2 is 2.12 bits per heavy atom. The van der Waals surface area contributed by atoms with E-state index in [-0.39, 0.29) is 29.5 Å². The zero-order chi connectivity index (χ0) is 19.1. The monoisotopic (exact) mass is 360 g/mol. The highest BCUT2D eigenvalue weighted by molar-refractivity contribution is 6.00. The summed E-state index contributed by atoms with van der Waals surface area (Å²) in [7, 11) is 1.50. The van der Waals surface area contributed by atoms with Crippen LogP contribution in [0.2, 0.25) is 0 Å². The van der Waals surface area contributed by atoms with Crippen LogP contribution in [0.25, 0.3) is 0 Å². The normalized spacial score (nSPS) is 37.6. The number of hydrogen-bond donors (Lipinski definition) is 1. The molecular weight excluding hydrogens is 332 g/mol. The van der Waals surface area contributed by atoms with Gasteiger partial charge in [-0.2, -0.15) is 0 Å². The molecule has 0 aromatic heterocycles. The lowest BCUT2D eigenvalue weighted by molar-refractivity contribution is -0.135. The highest BCUT2D eigenvalue weighted by Crippen LogP contribution is 2.54. The Kier molecular flexibility index (Phi) is 5.22. The first-order valence-corrected chi connectivity index (χ1v) is 9.29. The molecule has 26 heavy (non-hydrogen) atoms. The van der Waals surface area contributed by atoms with E-state index in [0.29, 0.717) is 23.7 Å². The molecule has 1 saturated carbocycles. The van der Waals surface area contributed by atoms with Gasteiger partial charge in [-0.05, 0) is 52.0 Å². The third-order valence-electron chi connectivity index (χ3n) is 6.18. The van der Waals surface area contributed by atoms with E-state index in [2.05, 4.69) is 13.8 Å². The van der Waals surface area contributed by atoms with Gasteiger partial charge in [0, 0.05) is 25.0 Å². The number of hydrogen-bond acceptors (Lipinski definition) is 5. The topological polar surface area (TPSA) is 72.8 Å². The molecule has 0 amide bonds. The molecule has 0 spiro atoms. The van der Waals surface area contributed by atoms with Crippen molar-refractivity contribution in [2.75, 3.05) is 7.11 Å². The van der Waals surface area contributed by atoms with Crippen molar-refractivity contribution in [2.24, 2.45) is 11.8 Å². The van der Waals surface area contributed by atoms with Crippen LogP contribution in [0.5, 0.6) is 0 Å². The Morgan fingerprint density at radius 1 is 1.38 bits per heavy atom. The van der Waals surface area contributed by atoms with Gasteiger partial charge >= 0.3 is 0 Å².